The van der Waals surface area contributed by atoms with Crippen molar-refractivity contribution in [2.24, 2.45) is 0 Å². The molecule has 0 saturated carbocycles. The van der Waals surface area contributed by atoms with Gasteiger partial charge in [0.25, 0.3) is 0 Å². The highest BCUT2D eigenvalue weighted by Gasteiger charge is 2.26. The molecule has 28 heavy (non-hydrogen) atoms. The van der Waals surface area contributed by atoms with E-state index in [0.29, 0.717) is 0 Å². The quantitative estimate of drug-likeness (QED) is 0.668. The molecular weight excluding hydrogens is 362 g/mol. The lowest BCUT2D eigenvalue weighted by Crippen LogP contribution is -2.45. The molecule has 2 amide bonds. The Labute approximate surface area is 163 Å². The lowest BCUT2D eigenvalue weighted by Gasteiger charge is -2.23. The van der Waals surface area contributed by atoms with Gasteiger partial charge in [0, 0.05) is 6.42 Å². The summed E-state index contributed by atoms with van der Waals surface area (Å²) in [6, 6.07) is 6.22. The van der Waals surface area contributed by atoms with E-state index >= 15 is 0 Å². The zero-order valence-corrected chi connectivity index (χ0v) is 16.4. The highest BCUT2D eigenvalue weighted by molar-refractivity contribution is 6.08. The van der Waals surface area contributed by atoms with Crippen LogP contribution in [0.5, 0.6) is 0 Å². The zero-order valence-electron chi connectivity index (χ0n) is 16.4. The van der Waals surface area contributed by atoms with E-state index in [1.165, 1.54) is 13.2 Å². The van der Waals surface area contributed by atoms with Crippen LogP contribution in [0, 0.1) is 5.41 Å². The van der Waals surface area contributed by atoms with Crippen LogP contribution in [-0.2, 0) is 25.5 Å². The molecule has 0 aromatic heterocycles. The van der Waals surface area contributed by atoms with Crippen molar-refractivity contribution < 1.29 is 23.9 Å². The molecule has 1 aromatic carbocycles. The summed E-state index contributed by atoms with van der Waals surface area (Å²) in [5, 5.41) is 12.4. The number of nitrogens with one attached hydrogen (secondary N) is 3. The summed E-state index contributed by atoms with van der Waals surface area (Å²) < 4.78 is 9.96. The fourth-order valence-electron chi connectivity index (χ4n) is 2.68. The summed E-state index contributed by atoms with van der Waals surface area (Å²) in [7, 11) is 1.25. The first-order chi connectivity index (χ1) is 13.1. The standard InChI is InChI=1S/C20H25N3O5/c1-20(2,3)28-19(26)22-15(18(25)27-4)11-12-5-7-13(8-6-12)14-9-10-16(21)23-17(14)24/h5-10,14-15H,11H2,1-4H3,(H,22,26)(H2,21,23,24)/t14?,15-/m0/s1. The van der Waals surface area contributed by atoms with Gasteiger partial charge in [-0.3, -0.25) is 10.2 Å². The molecule has 0 bridgehead atoms. The first-order valence-corrected chi connectivity index (χ1v) is 8.83. The molecule has 1 aliphatic heterocycles. The Balaban J connectivity index is 2.09. The minimum Gasteiger partial charge on any atom is -0.467 e. The Morgan fingerprint density at radius 1 is 1.25 bits per heavy atom. The first-order valence-electron chi connectivity index (χ1n) is 8.83. The molecule has 1 aliphatic rings. The predicted molar refractivity (Wildman–Crippen MR) is 103 cm³/mol. The van der Waals surface area contributed by atoms with Crippen LogP contribution in [0.2, 0.25) is 0 Å². The normalized spacial score (nSPS) is 17.5. The molecule has 0 saturated heterocycles. The Bertz CT molecular complexity index is 793. The van der Waals surface area contributed by atoms with Crippen LogP contribution in [0.3, 0.4) is 0 Å². The minimum atomic E-state index is -0.899. The van der Waals surface area contributed by atoms with E-state index < -0.39 is 29.6 Å². The number of amidine groups is 1. The Hall–Kier alpha value is -3.16. The van der Waals surface area contributed by atoms with Crippen molar-refractivity contribution in [3.8, 4) is 0 Å². The van der Waals surface area contributed by atoms with Gasteiger partial charge in [-0.15, -0.1) is 0 Å². The van der Waals surface area contributed by atoms with Crippen molar-refractivity contribution >= 4 is 23.8 Å². The molecule has 0 radical (unpaired) electrons. The van der Waals surface area contributed by atoms with Gasteiger partial charge in [0.15, 0.2) is 0 Å². The molecule has 1 heterocycles. The average molecular weight is 387 g/mol. The monoisotopic (exact) mass is 387 g/mol. The zero-order chi connectivity index (χ0) is 20.9. The number of esters is 1. The Kier molecular flexibility index (Phi) is 6.56. The molecular formula is C20H25N3O5. The number of benzene rings is 1. The van der Waals surface area contributed by atoms with Gasteiger partial charge in [0.1, 0.15) is 17.5 Å². The van der Waals surface area contributed by atoms with Crippen LogP contribution >= 0.6 is 0 Å². The second-order valence-electron chi connectivity index (χ2n) is 7.41. The number of carbonyl (C=O) groups is 3. The number of rotatable bonds is 5. The molecule has 1 aromatic rings. The van der Waals surface area contributed by atoms with Gasteiger partial charge in [-0.1, -0.05) is 30.3 Å². The van der Waals surface area contributed by atoms with Gasteiger partial charge in [0.2, 0.25) is 5.91 Å². The van der Waals surface area contributed by atoms with Crippen LogP contribution in [-0.4, -0.2) is 42.6 Å². The molecule has 2 atom stereocenters. The molecule has 150 valence electrons. The summed E-state index contributed by atoms with van der Waals surface area (Å²) >= 11 is 0. The van der Waals surface area contributed by atoms with E-state index in [-0.39, 0.29) is 18.2 Å². The maximum Gasteiger partial charge on any atom is 0.408 e. The molecule has 0 fully saturated rings. The third kappa shape index (κ3) is 5.94. The van der Waals surface area contributed by atoms with Gasteiger partial charge < -0.3 is 20.1 Å². The van der Waals surface area contributed by atoms with Crippen molar-refractivity contribution in [2.45, 2.75) is 44.8 Å². The smallest absolute Gasteiger partial charge is 0.408 e. The molecule has 8 heteroatoms. The third-order valence-electron chi connectivity index (χ3n) is 3.95. The maximum atomic E-state index is 12.0. The summed E-state index contributed by atoms with van der Waals surface area (Å²) in [5.74, 6) is -1.26. The first kappa shape index (κ1) is 21.1. The Morgan fingerprint density at radius 2 is 1.89 bits per heavy atom. The topological polar surface area (TPSA) is 118 Å². The van der Waals surface area contributed by atoms with E-state index in [1.807, 2.05) is 0 Å². The van der Waals surface area contributed by atoms with Gasteiger partial charge >= 0.3 is 12.1 Å². The molecule has 8 nitrogen and oxygen atoms in total. The van der Waals surface area contributed by atoms with Crippen molar-refractivity contribution in [3.63, 3.8) is 0 Å². The second kappa shape index (κ2) is 8.69. The van der Waals surface area contributed by atoms with Crippen LogP contribution in [0.1, 0.15) is 37.8 Å². The third-order valence-corrected chi connectivity index (χ3v) is 3.95. The SMILES string of the molecule is COC(=O)[C@H](Cc1ccc(C2C=CC(=N)NC2=O)cc1)NC(=O)OC(C)(C)C. The maximum absolute atomic E-state index is 12.0. The molecule has 0 spiro atoms. The lowest BCUT2D eigenvalue weighted by atomic mass is 9.93. The van der Waals surface area contributed by atoms with Crippen molar-refractivity contribution in [3.05, 3.63) is 47.5 Å². The molecule has 1 unspecified atom stereocenters. The second-order valence-corrected chi connectivity index (χ2v) is 7.41. The van der Waals surface area contributed by atoms with Crippen molar-refractivity contribution in [1.82, 2.24) is 10.6 Å². The fraction of sp³-hybridized carbons (Fsp3) is 0.400. The van der Waals surface area contributed by atoms with E-state index in [0.717, 1.165) is 11.1 Å². The summed E-state index contributed by atoms with van der Waals surface area (Å²) in [6.07, 6.45) is 2.71. The number of hydrogen-bond donors (Lipinski definition) is 3. The van der Waals surface area contributed by atoms with E-state index in [9.17, 15) is 14.4 Å². The number of carbonyl (C=O) groups excluding carboxylic acids is 3. The number of ether oxygens (including phenoxy) is 2. The lowest BCUT2D eigenvalue weighted by molar-refractivity contribution is -0.143. The average Bonchev–Trinajstić information content (AvgIpc) is 2.60. The summed E-state index contributed by atoms with van der Waals surface area (Å²) in [4.78, 5) is 36.0. The van der Waals surface area contributed by atoms with Crippen LogP contribution in [0.15, 0.2) is 36.4 Å². The molecule has 3 N–H and O–H groups in total. The summed E-state index contributed by atoms with van der Waals surface area (Å²) in [6.45, 7) is 5.20. The summed E-state index contributed by atoms with van der Waals surface area (Å²) in [5.41, 5.74) is 0.861. The molecule has 0 aliphatic carbocycles. The minimum absolute atomic E-state index is 0.0620. The number of hydrogen-bond acceptors (Lipinski definition) is 6. The van der Waals surface area contributed by atoms with Gasteiger partial charge in [-0.25, -0.2) is 9.59 Å². The number of alkyl carbamates (subject to hydrolysis) is 1. The van der Waals surface area contributed by atoms with Crippen LogP contribution in [0.4, 0.5) is 4.79 Å². The number of methoxy groups -OCH3 is 1. The highest BCUT2D eigenvalue weighted by atomic mass is 16.6. The van der Waals surface area contributed by atoms with Crippen LogP contribution < -0.4 is 10.6 Å². The van der Waals surface area contributed by atoms with Gasteiger partial charge in [-0.2, -0.15) is 0 Å². The van der Waals surface area contributed by atoms with E-state index in [4.69, 9.17) is 14.9 Å². The molecule has 2 rings (SSSR count). The van der Waals surface area contributed by atoms with E-state index in [2.05, 4.69) is 10.6 Å². The van der Waals surface area contributed by atoms with Crippen molar-refractivity contribution in [2.75, 3.05) is 7.11 Å². The van der Waals surface area contributed by atoms with Crippen molar-refractivity contribution in [1.29, 1.82) is 5.41 Å². The van der Waals surface area contributed by atoms with E-state index in [1.54, 1.807) is 51.1 Å². The van der Waals surface area contributed by atoms with Gasteiger partial charge in [0.05, 0.1) is 13.0 Å². The fourth-order valence-corrected chi connectivity index (χ4v) is 2.68. The highest BCUT2D eigenvalue weighted by Crippen LogP contribution is 2.21. The Morgan fingerprint density at radius 3 is 2.43 bits per heavy atom. The predicted octanol–water partition coefficient (Wildman–Crippen LogP) is 2.04. The number of amides is 2. The van der Waals surface area contributed by atoms with Crippen LogP contribution in [0.25, 0.3) is 0 Å². The largest absolute Gasteiger partial charge is 0.467 e. The van der Waals surface area contributed by atoms with Gasteiger partial charge in [-0.05, 0) is 38.0 Å².